The number of likely N-dealkylation sites (N-methyl/N-ethyl adjacent to an activating group) is 1. The minimum atomic E-state index is 0.359. The zero-order chi connectivity index (χ0) is 8.81. The fourth-order valence-electron chi connectivity index (χ4n) is 1.22. The summed E-state index contributed by atoms with van der Waals surface area (Å²) in [5.74, 6) is 0. The third-order valence-electron chi connectivity index (χ3n) is 2.19. The maximum Gasteiger partial charge on any atom is 0.104 e. The average Bonchev–Trinajstić information content (AvgIpc) is 2.00. The van der Waals surface area contributed by atoms with Crippen LogP contribution >= 0.6 is 0 Å². The summed E-state index contributed by atoms with van der Waals surface area (Å²) >= 11 is 0. The van der Waals surface area contributed by atoms with Crippen LogP contribution in [0.3, 0.4) is 0 Å². The lowest BCUT2D eigenvalue weighted by molar-refractivity contribution is -0.133. The minimum absolute atomic E-state index is 0.359. The second-order valence-corrected chi connectivity index (χ2v) is 3.27. The molecule has 1 aliphatic rings. The Kier molecular flexibility index (Phi) is 4.58. The van der Waals surface area contributed by atoms with Gasteiger partial charge in [0, 0.05) is 6.04 Å². The third kappa shape index (κ3) is 3.09. The van der Waals surface area contributed by atoms with E-state index in [4.69, 9.17) is 9.47 Å². The molecule has 1 saturated heterocycles. The highest BCUT2D eigenvalue weighted by Gasteiger charge is 2.19. The molecule has 0 radical (unpaired) electrons. The van der Waals surface area contributed by atoms with Crippen molar-refractivity contribution >= 4 is 0 Å². The monoisotopic (exact) mass is 173 g/mol. The molecule has 0 saturated carbocycles. The molecule has 3 nitrogen and oxygen atoms in total. The Morgan fingerprint density at radius 2 is 2.33 bits per heavy atom. The van der Waals surface area contributed by atoms with Crippen LogP contribution in [0.4, 0.5) is 0 Å². The highest BCUT2D eigenvalue weighted by molar-refractivity contribution is 4.68. The molecule has 1 fully saturated rings. The van der Waals surface area contributed by atoms with Crippen molar-refractivity contribution < 1.29 is 9.47 Å². The first-order valence-electron chi connectivity index (χ1n) is 4.73. The van der Waals surface area contributed by atoms with Crippen LogP contribution in [0.15, 0.2) is 0 Å². The van der Waals surface area contributed by atoms with Crippen molar-refractivity contribution in [3.05, 3.63) is 0 Å². The molecule has 1 N–H and O–H groups in total. The van der Waals surface area contributed by atoms with Crippen LogP contribution in [0.25, 0.3) is 0 Å². The van der Waals surface area contributed by atoms with Gasteiger partial charge in [0.25, 0.3) is 0 Å². The number of hydrogen-bond donors (Lipinski definition) is 1. The van der Waals surface area contributed by atoms with Gasteiger partial charge in [0.1, 0.15) is 6.10 Å². The fourth-order valence-corrected chi connectivity index (χ4v) is 1.22. The van der Waals surface area contributed by atoms with E-state index in [2.05, 4.69) is 12.2 Å². The smallest absolute Gasteiger partial charge is 0.104 e. The molecular weight excluding hydrogens is 154 g/mol. The normalized spacial score (nSPS) is 20.5. The first-order chi connectivity index (χ1) is 5.86. The molecule has 12 heavy (non-hydrogen) atoms. The molecule has 0 amide bonds. The van der Waals surface area contributed by atoms with Crippen molar-refractivity contribution in [1.29, 1.82) is 0 Å². The van der Waals surface area contributed by atoms with Crippen molar-refractivity contribution in [3.63, 3.8) is 0 Å². The lowest BCUT2D eigenvalue weighted by Gasteiger charge is -2.28. The van der Waals surface area contributed by atoms with Crippen LogP contribution in [0.2, 0.25) is 0 Å². The largest absolute Gasteiger partial charge is 0.376 e. The van der Waals surface area contributed by atoms with E-state index in [1.54, 1.807) is 0 Å². The van der Waals surface area contributed by atoms with Crippen molar-refractivity contribution in [2.24, 2.45) is 0 Å². The van der Waals surface area contributed by atoms with E-state index in [-0.39, 0.29) is 0 Å². The molecule has 0 aliphatic carbocycles. The predicted octanol–water partition coefficient (Wildman–Crippen LogP) is 0.790. The SMILES string of the molecule is CCCC(COC1COC1)NC. The second-order valence-electron chi connectivity index (χ2n) is 3.27. The number of rotatable bonds is 6. The maximum absolute atomic E-state index is 5.60. The zero-order valence-corrected chi connectivity index (χ0v) is 8.01. The molecular formula is C9H19NO2. The summed E-state index contributed by atoms with van der Waals surface area (Å²) < 4.78 is 10.6. The van der Waals surface area contributed by atoms with Crippen LogP contribution in [-0.4, -0.2) is 39.0 Å². The summed E-state index contributed by atoms with van der Waals surface area (Å²) in [5.41, 5.74) is 0. The summed E-state index contributed by atoms with van der Waals surface area (Å²) in [7, 11) is 1.99. The molecule has 0 aromatic heterocycles. The Morgan fingerprint density at radius 1 is 1.58 bits per heavy atom. The second kappa shape index (κ2) is 5.51. The van der Waals surface area contributed by atoms with Gasteiger partial charge in [-0.3, -0.25) is 0 Å². The van der Waals surface area contributed by atoms with Crippen LogP contribution in [0.1, 0.15) is 19.8 Å². The van der Waals surface area contributed by atoms with Gasteiger partial charge in [-0.2, -0.15) is 0 Å². The first-order valence-corrected chi connectivity index (χ1v) is 4.73. The molecule has 1 heterocycles. The van der Waals surface area contributed by atoms with E-state index in [0.717, 1.165) is 19.8 Å². The summed E-state index contributed by atoms with van der Waals surface area (Å²) in [4.78, 5) is 0. The Labute approximate surface area is 74.4 Å². The van der Waals surface area contributed by atoms with Crippen LogP contribution in [0.5, 0.6) is 0 Å². The molecule has 0 bridgehead atoms. The highest BCUT2D eigenvalue weighted by atomic mass is 16.6. The standard InChI is InChI=1S/C9H19NO2/c1-3-4-8(10-2)5-12-9-6-11-7-9/h8-10H,3-7H2,1-2H3. The van der Waals surface area contributed by atoms with E-state index in [1.807, 2.05) is 7.05 Å². The fraction of sp³-hybridized carbons (Fsp3) is 1.00. The summed E-state index contributed by atoms with van der Waals surface area (Å²) in [6.45, 7) is 4.57. The van der Waals surface area contributed by atoms with Crippen molar-refractivity contribution in [2.45, 2.75) is 31.9 Å². The number of nitrogens with one attached hydrogen (secondary N) is 1. The molecule has 1 rings (SSSR count). The summed E-state index contributed by atoms with van der Waals surface area (Å²) in [6, 6.07) is 0.510. The average molecular weight is 173 g/mol. The lowest BCUT2D eigenvalue weighted by atomic mass is 10.2. The van der Waals surface area contributed by atoms with Gasteiger partial charge in [-0.25, -0.2) is 0 Å². The van der Waals surface area contributed by atoms with Crippen molar-refractivity contribution in [3.8, 4) is 0 Å². The van der Waals surface area contributed by atoms with E-state index in [1.165, 1.54) is 12.8 Å². The zero-order valence-electron chi connectivity index (χ0n) is 8.01. The Hall–Kier alpha value is -0.120. The van der Waals surface area contributed by atoms with E-state index < -0.39 is 0 Å². The summed E-state index contributed by atoms with van der Waals surface area (Å²) in [6.07, 6.45) is 2.75. The van der Waals surface area contributed by atoms with Gasteiger partial charge in [-0.15, -0.1) is 0 Å². The van der Waals surface area contributed by atoms with Gasteiger partial charge in [0.05, 0.1) is 19.8 Å². The van der Waals surface area contributed by atoms with Gasteiger partial charge in [0.15, 0.2) is 0 Å². The predicted molar refractivity (Wildman–Crippen MR) is 48.3 cm³/mol. The van der Waals surface area contributed by atoms with Crippen molar-refractivity contribution in [2.75, 3.05) is 26.9 Å². The summed E-state index contributed by atoms with van der Waals surface area (Å²) in [5, 5.41) is 3.24. The highest BCUT2D eigenvalue weighted by Crippen LogP contribution is 2.07. The molecule has 1 unspecified atom stereocenters. The van der Waals surface area contributed by atoms with E-state index in [0.29, 0.717) is 12.1 Å². The Balaban J connectivity index is 2.01. The van der Waals surface area contributed by atoms with Gasteiger partial charge >= 0.3 is 0 Å². The lowest BCUT2D eigenvalue weighted by Crippen LogP contribution is -2.40. The minimum Gasteiger partial charge on any atom is -0.376 e. The molecule has 3 heteroatoms. The topological polar surface area (TPSA) is 30.5 Å². The van der Waals surface area contributed by atoms with Gasteiger partial charge in [0.2, 0.25) is 0 Å². The quantitative estimate of drug-likeness (QED) is 0.644. The number of hydrogen-bond acceptors (Lipinski definition) is 3. The number of ether oxygens (including phenoxy) is 2. The first kappa shape index (κ1) is 9.96. The Bertz CT molecular complexity index is 115. The molecule has 72 valence electrons. The Morgan fingerprint density at radius 3 is 2.75 bits per heavy atom. The molecule has 0 aromatic carbocycles. The molecule has 1 atom stereocenters. The molecule has 0 spiro atoms. The van der Waals surface area contributed by atoms with E-state index in [9.17, 15) is 0 Å². The van der Waals surface area contributed by atoms with Gasteiger partial charge < -0.3 is 14.8 Å². The van der Waals surface area contributed by atoms with Crippen LogP contribution in [0, 0.1) is 0 Å². The van der Waals surface area contributed by atoms with Gasteiger partial charge in [-0.05, 0) is 13.5 Å². The third-order valence-corrected chi connectivity index (χ3v) is 2.19. The molecule has 0 aromatic rings. The van der Waals surface area contributed by atoms with Crippen LogP contribution < -0.4 is 5.32 Å². The van der Waals surface area contributed by atoms with Crippen LogP contribution in [-0.2, 0) is 9.47 Å². The van der Waals surface area contributed by atoms with Gasteiger partial charge in [-0.1, -0.05) is 13.3 Å². The maximum atomic E-state index is 5.60. The molecule has 1 aliphatic heterocycles. The van der Waals surface area contributed by atoms with E-state index >= 15 is 0 Å². The van der Waals surface area contributed by atoms with Crippen molar-refractivity contribution in [1.82, 2.24) is 5.32 Å².